The topological polar surface area (TPSA) is 26.0 Å². The summed E-state index contributed by atoms with van der Waals surface area (Å²) in [7, 11) is 0. The van der Waals surface area contributed by atoms with E-state index in [9.17, 15) is 4.39 Å². The molecule has 0 bridgehead atoms. The Bertz CT molecular complexity index is 601. The molecule has 2 N–H and O–H groups in total. The van der Waals surface area contributed by atoms with Gasteiger partial charge in [0.15, 0.2) is 0 Å². The summed E-state index contributed by atoms with van der Waals surface area (Å²) in [6.45, 7) is 1.98. The summed E-state index contributed by atoms with van der Waals surface area (Å²) < 4.78 is 14.6. The van der Waals surface area contributed by atoms with Crippen LogP contribution in [0.15, 0.2) is 40.9 Å². The Balaban J connectivity index is 2.25. The van der Waals surface area contributed by atoms with Gasteiger partial charge < -0.3 is 5.73 Å². The molecule has 4 heteroatoms. The number of rotatable bonds is 3. The molecule has 2 aromatic rings. The minimum absolute atomic E-state index is 0.293. The molecular weight excluding hydrogens is 329 g/mol. The third-order valence-corrected chi connectivity index (χ3v) is 3.85. The summed E-state index contributed by atoms with van der Waals surface area (Å²) in [4.78, 5) is 0. The van der Waals surface area contributed by atoms with Gasteiger partial charge in [-0.05, 0) is 48.7 Å². The molecule has 1 unspecified atom stereocenters. The van der Waals surface area contributed by atoms with Gasteiger partial charge >= 0.3 is 0 Å². The maximum absolute atomic E-state index is 13.8. The highest BCUT2D eigenvalue weighted by atomic mass is 79.9. The van der Waals surface area contributed by atoms with Gasteiger partial charge in [-0.25, -0.2) is 4.39 Å². The Morgan fingerprint density at radius 1 is 1.26 bits per heavy atom. The van der Waals surface area contributed by atoms with Crippen LogP contribution in [0.25, 0.3) is 0 Å². The summed E-state index contributed by atoms with van der Waals surface area (Å²) in [6, 6.07) is 10.2. The summed E-state index contributed by atoms with van der Waals surface area (Å²) in [5, 5.41) is 0.672. The van der Waals surface area contributed by atoms with Gasteiger partial charge in [0.2, 0.25) is 0 Å². The van der Waals surface area contributed by atoms with Crippen molar-refractivity contribution in [1.82, 2.24) is 0 Å². The van der Waals surface area contributed by atoms with Crippen LogP contribution in [-0.2, 0) is 6.42 Å². The average Bonchev–Trinajstić information content (AvgIpc) is 2.35. The number of halogens is 3. The minimum atomic E-state index is -0.419. The van der Waals surface area contributed by atoms with Gasteiger partial charge in [0, 0.05) is 21.1 Å². The summed E-state index contributed by atoms with van der Waals surface area (Å²) in [5.74, 6) is -0.293. The lowest BCUT2D eigenvalue weighted by Gasteiger charge is -2.15. The Morgan fingerprint density at radius 3 is 2.68 bits per heavy atom. The highest BCUT2D eigenvalue weighted by Crippen LogP contribution is 2.26. The molecule has 1 atom stereocenters. The highest BCUT2D eigenvalue weighted by molar-refractivity contribution is 9.10. The second-order valence-corrected chi connectivity index (χ2v) is 5.89. The van der Waals surface area contributed by atoms with Crippen molar-refractivity contribution in [3.8, 4) is 0 Å². The molecule has 0 fully saturated rings. The molecule has 2 aromatic carbocycles. The Hall–Kier alpha value is -0.900. The first-order valence-corrected chi connectivity index (χ1v) is 7.10. The van der Waals surface area contributed by atoms with Crippen LogP contribution in [0.2, 0.25) is 5.02 Å². The first kappa shape index (κ1) is 14.5. The second kappa shape index (κ2) is 6.04. The summed E-state index contributed by atoms with van der Waals surface area (Å²) >= 11 is 9.50. The van der Waals surface area contributed by atoms with Crippen LogP contribution in [0.3, 0.4) is 0 Å². The average molecular weight is 343 g/mol. The largest absolute Gasteiger partial charge is 0.324 e. The first-order valence-electron chi connectivity index (χ1n) is 5.93. The lowest BCUT2D eigenvalue weighted by Crippen LogP contribution is -2.15. The fourth-order valence-electron chi connectivity index (χ4n) is 1.96. The third-order valence-electron chi connectivity index (χ3n) is 3.01. The normalized spacial score (nSPS) is 12.5. The Labute approximate surface area is 125 Å². The van der Waals surface area contributed by atoms with Crippen LogP contribution >= 0.6 is 27.5 Å². The molecule has 0 heterocycles. The van der Waals surface area contributed by atoms with E-state index in [-0.39, 0.29) is 5.82 Å². The number of hydrogen-bond acceptors (Lipinski definition) is 1. The summed E-state index contributed by atoms with van der Waals surface area (Å²) in [6.07, 6.45) is 0.506. The van der Waals surface area contributed by atoms with E-state index < -0.39 is 6.04 Å². The Morgan fingerprint density at radius 2 is 2.00 bits per heavy atom. The molecule has 1 nitrogen and oxygen atoms in total. The van der Waals surface area contributed by atoms with Gasteiger partial charge in [-0.15, -0.1) is 0 Å². The van der Waals surface area contributed by atoms with Gasteiger partial charge in [0.1, 0.15) is 5.82 Å². The molecule has 0 aromatic heterocycles. The molecule has 0 saturated carbocycles. The van der Waals surface area contributed by atoms with Crippen molar-refractivity contribution in [3.63, 3.8) is 0 Å². The van der Waals surface area contributed by atoms with Gasteiger partial charge in [0.05, 0.1) is 0 Å². The van der Waals surface area contributed by atoms with Crippen LogP contribution in [0.5, 0.6) is 0 Å². The highest BCUT2D eigenvalue weighted by Gasteiger charge is 2.14. The van der Waals surface area contributed by atoms with Gasteiger partial charge in [-0.3, -0.25) is 0 Å². The zero-order valence-corrected chi connectivity index (χ0v) is 12.8. The van der Waals surface area contributed by atoms with Crippen molar-refractivity contribution in [2.45, 2.75) is 19.4 Å². The first-order chi connectivity index (χ1) is 8.97. The van der Waals surface area contributed by atoms with Crippen LogP contribution in [0.4, 0.5) is 4.39 Å². The van der Waals surface area contributed by atoms with E-state index >= 15 is 0 Å². The molecule has 0 aliphatic heterocycles. The van der Waals surface area contributed by atoms with Crippen molar-refractivity contribution in [2.75, 3.05) is 0 Å². The number of nitrogens with two attached hydrogens (primary N) is 1. The quantitative estimate of drug-likeness (QED) is 0.852. The van der Waals surface area contributed by atoms with E-state index in [1.54, 1.807) is 12.1 Å². The molecule has 0 spiro atoms. The number of aryl methyl sites for hydroxylation is 1. The fourth-order valence-corrected chi connectivity index (χ4v) is 2.65. The zero-order chi connectivity index (χ0) is 14.0. The van der Waals surface area contributed by atoms with Crippen LogP contribution in [0, 0.1) is 12.7 Å². The van der Waals surface area contributed by atoms with Crippen molar-refractivity contribution >= 4 is 27.5 Å². The van der Waals surface area contributed by atoms with Gasteiger partial charge in [0.25, 0.3) is 0 Å². The van der Waals surface area contributed by atoms with Crippen molar-refractivity contribution in [2.24, 2.45) is 5.73 Å². The van der Waals surface area contributed by atoms with Gasteiger partial charge in [-0.2, -0.15) is 0 Å². The smallest absolute Gasteiger partial charge is 0.128 e. The predicted molar refractivity (Wildman–Crippen MR) is 80.9 cm³/mol. The lowest BCUT2D eigenvalue weighted by atomic mass is 9.98. The van der Waals surface area contributed by atoms with E-state index in [2.05, 4.69) is 15.9 Å². The predicted octanol–water partition coefficient (Wildman–Crippen LogP) is 4.79. The number of hydrogen-bond donors (Lipinski definition) is 1. The van der Waals surface area contributed by atoms with Crippen molar-refractivity contribution in [1.29, 1.82) is 0 Å². The molecule has 0 aliphatic carbocycles. The lowest BCUT2D eigenvalue weighted by molar-refractivity contribution is 0.580. The Kier molecular flexibility index (Phi) is 4.61. The van der Waals surface area contributed by atoms with Crippen LogP contribution in [0.1, 0.15) is 22.7 Å². The SMILES string of the molecule is Cc1ccc(CC(N)c2cc(Br)ccc2F)c(Cl)c1. The molecule has 0 saturated heterocycles. The molecule has 0 aliphatic rings. The van der Waals surface area contributed by atoms with Crippen molar-refractivity contribution in [3.05, 3.63) is 68.4 Å². The van der Waals surface area contributed by atoms with Crippen LogP contribution in [-0.4, -0.2) is 0 Å². The fraction of sp³-hybridized carbons (Fsp3) is 0.200. The molecule has 2 rings (SSSR count). The number of benzene rings is 2. The zero-order valence-electron chi connectivity index (χ0n) is 10.5. The monoisotopic (exact) mass is 341 g/mol. The van der Waals surface area contributed by atoms with E-state index in [4.69, 9.17) is 17.3 Å². The van der Waals surface area contributed by atoms with E-state index in [1.807, 2.05) is 25.1 Å². The summed E-state index contributed by atoms with van der Waals surface area (Å²) in [5.41, 5.74) is 8.60. The van der Waals surface area contributed by atoms with Crippen LogP contribution < -0.4 is 5.73 Å². The molecule has 0 amide bonds. The van der Waals surface area contributed by atoms with E-state index in [1.165, 1.54) is 6.07 Å². The second-order valence-electron chi connectivity index (χ2n) is 4.57. The maximum Gasteiger partial charge on any atom is 0.128 e. The van der Waals surface area contributed by atoms with E-state index in [0.717, 1.165) is 15.6 Å². The maximum atomic E-state index is 13.8. The van der Waals surface area contributed by atoms with E-state index in [0.29, 0.717) is 17.0 Å². The molecule has 0 radical (unpaired) electrons. The van der Waals surface area contributed by atoms with Gasteiger partial charge in [-0.1, -0.05) is 39.7 Å². The molecular formula is C15H14BrClFN. The van der Waals surface area contributed by atoms with Crippen molar-refractivity contribution < 1.29 is 4.39 Å². The minimum Gasteiger partial charge on any atom is -0.324 e. The molecule has 19 heavy (non-hydrogen) atoms. The molecule has 100 valence electrons. The third kappa shape index (κ3) is 3.56. The standard InChI is InChI=1S/C15H14BrClFN/c1-9-2-3-10(13(17)6-9)7-15(19)12-8-11(16)4-5-14(12)18/h2-6,8,15H,7,19H2,1H3.